The number of rotatable bonds is 8. The van der Waals surface area contributed by atoms with Gasteiger partial charge in [-0.1, -0.05) is 42.5 Å². The van der Waals surface area contributed by atoms with Crippen molar-refractivity contribution < 1.29 is 9.90 Å². The highest BCUT2D eigenvalue weighted by Crippen LogP contribution is 2.16. The maximum Gasteiger partial charge on any atom is 0.315 e. The van der Waals surface area contributed by atoms with Crippen molar-refractivity contribution in [2.75, 3.05) is 11.9 Å². The summed E-state index contributed by atoms with van der Waals surface area (Å²) in [5, 5.41) is 18.4. The zero-order valence-electron chi connectivity index (χ0n) is 14.8. The Morgan fingerprint density at radius 2 is 1.84 bits per heavy atom. The van der Waals surface area contributed by atoms with Crippen LogP contribution in [0.2, 0.25) is 0 Å². The predicted octanol–water partition coefficient (Wildman–Crippen LogP) is 3.43. The van der Waals surface area contributed by atoms with Crippen LogP contribution in [-0.4, -0.2) is 23.8 Å². The number of urea groups is 1. The zero-order chi connectivity index (χ0) is 18.1. The molecular formula is C20H27N3O2. The van der Waals surface area contributed by atoms with Gasteiger partial charge in [0.15, 0.2) is 0 Å². The third-order valence-electron chi connectivity index (χ3n) is 3.76. The number of amides is 2. The molecule has 1 atom stereocenters. The molecule has 2 aromatic carbocycles. The number of carbonyl (C=O) groups excluding carboxylic acids is 1. The van der Waals surface area contributed by atoms with Crippen LogP contribution in [0.25, 0.3) is 0 Å². The van der Waals surface area contributed by atoms with Crippen LogP contribution >= 0.6 is 0 Å². The molecule has 2 rings (SSSR count). The first-order chi connectivity index (χ1) is 12.1. The Labute approximate surface area is 149 Å². The number of carbonyl (C=O) groups is 1. The van der Waals surface area contributed by atoms with E-state index in [1.54, 1.807) is 0 Å². The van der Waals surface area contributed by atoms with Gasteiger partial charge in [0.25, 0.3) is 0 Å². The van der Waals surface area contributed by atoms with Crippen molar-refractivity contribution in [2.45, 2.75) is 38.9 Å². The molecule has 0 fully saturated rings. The van der Waals surface area contributed by atoms with E-state index in [9.17, 15) is 9.90 Å². The molecule has 0 spiro atoms. The highest BCUT2D eigenvalue weighted by molar-refractivity contribution is 5.74. The summed E-state index contributed by atoms with van der Waals surface area (Å²) < 4.78 is 0. The maximum atomic E-state index is 12.2. The van der Waals surface area contributed by atoms with Crippen LogP contribution in [0.3, 0.4) is 0 Å². The zero-order valence-corrected chi connectivity index (χ0v) is 14.8. The fraction of sp³-hybridized carbons (Fsp3) is 0.350. The van der Waals surface area contributed by atoms with Gasteiger partial charge in [-0.05, 0) is 43.5 Å². The second-order valence-corrected chi connectivity index (χ2v) is 6.30. The van der Waals surface area contributed by atoms with Gasteiger partial charge in [0.05, 0.1) is 6.04 Å². The van der Waals surface area contributed by atoms with Crippen molar-refractivity contribution in [1.29, 1.82) is 0 Å². The lowest BCUT2D eigenvalue weighted by molar-refractivity contribution is 0.229. The summed E-state index contributed by atoms with van der Waals surface area (Å²) in [7, 11) is 0. The maximum absolute atomic E-state index is 12.2. The summed E-state index contributed by atoms with van der Waals surface area (Å²) in [4.78, 5) is 12.2. The van der Waals surface area contributed by atoms with Crippen LogP contribution in [0.4, 0.5) is 10.5 Å². The molecule has 0 aliphatic heterocycles. The first kappa shape index (κ1) is 18.8. The lowest BCUT2D eigenvalue weighted by Crippen LogP contribution is -2.38. The van der Waals surface area contributed by atoms with Crippen molar-refractivity contribution in [3.8, 4) is 0 Å². The molecule has 0 heterocycles. The molecule has 0 saturated heterocycles. The predicted molar refractivity (Wildman–Crippen MR) is 101 cm³/mol. The molecule has 2 aromatic rings. The molecule has 5 heteroatoms. The quantitative estimate of drug-likeness (QED) is 0.594. The van der Waals surface area contributed by atoms with Gasteiger partial charge in [0, 0.05) is 24.9 Å². The average molecular weight is 341 g/mol. The molecule has 0 unspecified atom stereocenters. The molecule has 0 aliphatic carbocycles. The van der Waals surface area contributed by atoms with Crippen molar-refractivity contribution >= 4 is 11.7 Å². The summed E-state index contributed by atoms with van der Waals surface area (Å²) in [6.07, 6.45) is 0.477. The number of benzene rings is 2. The Morgan fingerprint density at radius 3 is 2.52 bits per heavy atom. The van der Waals surface area contributed by atoms with Crippen LogP contribution in [0, 0.1) is 0 Å². The summed E-state index contributed by atoms with van der Waals surface area (Å²) in [6.45, 7) is 4.63. The van der Waals surface area contributed by atoms with E-state index in [1.165, 1.54) is 0 Å². The second kappa shape index (κ2) is 9.69. The number of aliphatic hydroxyl groups is 1. The Balaban J connectivity index is 1.91. The minimum absolute atomic E-state index is 0.0166. The van der Waals surface area contributed by atoms with E-state index in [1.807, 2.05) is 54.6 Å². The minimum atomic E-state index is -0.246. The molecular weight excluding hydrogens is 314 g/mol. The van der Waals surface area contributed by atoms with E-state index in [-0.39, 0.29) is 18.7 Å². The lowest BCUT2D eigenvalue weighted by atomic mass is 10.0. The summed E-state index contributed by atoms with van der Waals surface area (Å²) in [6, 6.07) is 17.6. The highest BCUT2D eigenvalue weighted by atomic mass is 16.3. The van der Waals surface area contributed by atoms with Crippen LogP contribution < -0.4 is 16.0 Å². The van der Waals surface area contributed by atoms with E-state index in [4.69, 9.17) is 0 Å². The van der Waals surface area contributed by atoms with Gasteiger partial charge in [-0.15, -0.1) is 0 Å². The Hall–Kier alpha value is -2.53. The van der Waals surface area contributed by atoms with Gasteiger partial charge in [0.1, 0.15) is 0 Å². The summed E-state index contributed by atoms with van der Waals surface area (Å²) in [5.41, 5.74) is 3.05. The van der Waals surface area contributed by atoms with E-state index in [0.717, 1.165) is 16.8 Å². The van der Waals surface area contributed by atoms with Gasteiger partial charge < -0.3 is 21.1 Å². The summed E-state index contributed by atoms with van der Waals surface area (Å²) in [5.74, 6) is 0. The highest BCUT2D eigenvalue weighted by Gasteiger charge is 2.13. The Bertz CT molecular complexity index is 659. The standard InChI is InChI=1S/C20H27N3O2/c1-15(2)22-18-10-6-7-16(13-18)14-21-20(25)23-19(11-12-24)17-8-4-3-5-9-17/h3-10,13,15,19,22,24H,11-12,14H2,1-2H3,(H2,21,23,25)/t19-/m1/s1. The Kier molecular flexibility index (Phi) is 7.29. The lowest BCUT2D eigenvalue weighted by Gasteiger charge is -2.19. The van der Waals surface area contributed by atoms with Gasteiger partial charge in [0.2, 0.25) is 0 Å². The number of hydrogen-bond donors (Lipinski definition) is 4. The molecule has 0 bridgehead atoms. The molecule has 0 aliphatic rings. The molecule has 2 amide bonds. The van der Waals surface area contributed by atoms with Gasteiger partial charge in [-0.3, -0.25) is 0 Å². The van der Waals surface area contributed by atoms with E-state index < -0.39 is 0 Å². The SMILES string of the molecule is CC(C)Nc1cccc(CNC(=O)N[C@H](CCO)c2ccccc2)c1. The molecule has 25 heavy (non-hydrogen) atoms. The molecule has 5 nitrogen and oxygen atoms in total. The molecule has 0 aromatic heterocycles. The molecule has 134 valence electrons. The second-order valence-electron chi connectivity index (χ2n) is 6.30. The van der Waals surface area contributed by atoms with Crippen molar-refractivity contribution in [2.24, 2.45) is 0 Å². The first-order valence-electron chi connectivity index (χ1n) is 8.64. The monoisotopic (exact) mass is 341 g/mol. The van der Waals surface area contributed by atoms with Crippen molar-refractivity contribution in [3.63, 3.8) is 0 Å². The Morgan fingerprint density at radius 1 is 1.08 bits per heavy atom. The van der Waals surface area contributed by atoms with Crippen LogP contribution in [-0.2, 0) is 6.54 Å². The van der Waals surface area contributed by atoms with E-state index >= 15 is 0 Å². The topological polar surface area (TPSA) is 73.4 Å². The number of anilines is 1. The molecule has 0 saturated carbocycles. The smallest absolute Gasteiger partial charge is 0.315 e. The fourth-order valence-electron chi connectivity index (χ4n) is 2.63. The van der Waals surface area contributed by atoms with Gasteiger partial charge >= 0.3 is 6.03 Å². The van der Waals surface area contributed by atoms with Crippen LogP contribution in [0.15, 0.2) is 54.6 Å². The van der Waals surface area contributed by atoms with Gasteiger partial charge in [-0.25, -0.2) is 4.79 Å². The normalized spacial score (nSPS) is 11.8. The number of nitrogens with one attached hydrogen (secondary N) is 3. The first-order valence-corrected chi connectivity index (χ1v) is 8.64. The average Bonchev–Trinajstić information content (AvgIpc) is 2.60. The van der Waals surface area contributed by atoms with E-state index in [2.05, 4.69) is 29.8 Å². The number of hydrogen-bond acceptors (Lipinski definition) is 3. The van der Waals surface area contributed by atoms with Crippen molar-refractivity contribution in [1.82, 2.24) is 10.6 Å². The number of aliphatic hydroxyl groups excluding tert-OH is 1. The van der Waals surface area contributed by atoms with Crippen molar-refractivity contribution in [3.05, 3.63) is 65.7 Å². The third-order valence-corrected chi connectivity index (χ3v) is 3.76. The molecule has 4 N–H and O–H groups in total. The summed E-state index contributed by atoms with van der Waals surface area (Å²) >= 11 is 0. The minimum Gasteiger partial charge on any atom is -0.396 e. The largest absolute Gasteiger partial charge is 0.396 e. The fourth-order valence-corrected chi connectivity index (χ4v) is 2.63. The molecule has 0 radical (unpaired) electrons. The third kappa shape index (κ3) is 6.47. The van der Waals surface area contributed by atoms with E-state index in [0.29, 0.717) is 19.0 Å². The van der Waals surface area contributed by atoms with Gasteiger partial charge in [-0.2, -0.15) is 0 Å². The van der Waals surface area contributed by atoms with Crippen LogP contribution in [0.5, 0.6) is 0 Å². The van der Waals surface area contributed by atoms with Crippen LogP contribution in [0.1, 0.15) is 37.4 Å².